The van der Waals surface area contributed by atoms with Crippen LogP contribution >= 0.6 is 0 Å². The van der Waals surface area contributed by atoms with Crippen molar-refractivity contribution in [1.29, 1.82) is 0 Å². The Kier molecular flexibility index (Phi) is 5.09. The first-order valence-corrected chi connectivity index (χ1v) is 7.30. The molecule has 1 aromatic rings. The van der Waals surface area contributed by atoms with Gasteiger partial charge in [-0.25, -0.2) is 0 Å². The fourth-order valence-electron chi connectivity index (χ4n) is 2.43. The number of hydrogen-bond donors (Lipinski definition) is 0. The highest BCUT2D eigenvalue weighted by molar-refractivity contribution is 6.35. The van der Waals surface area contributed by atoms with Crippen molar-refractivity contribution in [3.05, 3.63) is 35.9 Å². The van der Waals surface area contributed by atoms with Gasteiger partial charge in [-0.1, -0.05) is 30.3 Å². The fraction of sp³-hybridized carbons (Fsp3) is 0.438. The topological polar surface area (TPSA) is 57.7 Å². The SMILES string of the molecule is CCN1CCN(CCCC(=O)c2ccccc2)C(=O)C1=O. The molecule has 0 aromatic heterocycles. The molecule has 2 amide bonds. The molecule has 1 aliphatic rings. The first-order chi connectivity index (χ1) is 10.1. The molecular formula is C16H20N2O3. The maximum Gasteiger partial charge on any atom is 0.312 e. The molecule has 1 aliphatic heterocycles. The molecule has 1 fully saturated rings. The molecule has 21 heavy (non-hydrogen) atoms. The first-order valence-electron chi connectivity index (χ1n) is 7.30. The van der Waals surface area contributed by atoms with Crippen molar-refractivity contribution in [3.63, 3.8) is 0 Å². The third-order valence-corrected chi connectivity index (χ3v) is 3.71. The van der Waals surface area contributed by atoms with Crippen LogP contribution in [0.3, 0.4) is 0 Å². The van der Waals surface area contributed by atoms with E-state index in [0.29, 0.717) is 44.6 Å². The molecule has 1 aromatic carbocycles. The van der Waals surface area contributed by atoms with Crippen LogP contribution in [-0.2, 0) is 9.59 Å². The number of carbonyl (C=O) groups is 3. The monoisotopic (exact) mass is 288 g/mol. The highest BCUT2D eigenvalue weighted by atomic mass is 16.2. The molecule has 5 nitrogen and oxygen atoms in total. The van der Waals surface area contributed by atoms with Gasteiger partial charge in [0.05, 0.1) is 0 Å². The molecule has 0 saturated carbocycles. The van der Waals surface area contributed by atoms with Crippen LogP contribution in [0.4, 0.5) is 0 Å². The van der Waals surface area contributed by atoms with Gasteiger partial charge >= 0.3 is 11.8 Å². The maximum absolute atomic E-state index is 12.0. The Bertz CT molecular complexity index is 528. The fourth-order valence-corrected chi connectivity index (χ4v) is 2.43. The minimum atomic E-state index is -0.449. The third-order valence-electron chi connectivity index (χ3n) is 3.71. The molecule has 2 rings (SSSR count). The molecule has 0 bridgehead atoms. The zero-order valence-electron chi connectivity index (χ0n) is 12.2. The smallest absolute Gasteiger partial charge is 0.312 e. The van der Waals surface area contributed by atoms with E-state index in [9.17, 15) is 14.4 Å². The molecule has 0 radical (unpaired) electrons. The van der Waals surface area contributed by atoms with Gasteiger partial charge in [0.1, 0.15) is 0 Å². The number of hydrogen-bond acceptors (Lipinski definition) is 3. The Labute approximate surface area is 124 Å². The summed E-state index contributed by atoms with van der Waals surface area (Å²) in [5.74, 6) is -0.810. The summed E-state index contributed by atoms with van der Waals surface area (Å²) in [5, 5.41) is 0. The molecule has 1 saturated heterocycles. The number of likely N-dealkylation sites (N-methyl/N-ethyl adjacent to an activating group) is 1. The second-order valence-electron chi connectivity index (χ2n) is 5.07. The van der Waals surface area contributed by atoms with Crippen molar-refractivity contribution in [3.8, 4) is 0 Å². The van der Waals surface area contributed by atoms with Gasteiger partial charge in [0, 0.05) is 38.2 Å². The molecule has 5 heteroatoms. The van der Waals surface area contributed by atoms with Crippen LogP contribution in [-0.4, -0.2) is 53.6 Å². The van der Waals surface area contributed by atoms with Crippen LogP contribution in [0.1, 0.15) is 30.1 Å². The van der Waals surface area contributed by atoms with Gasteiger partial charge in [-0.05, 0) is 13.3 Å². The zero-order valence-corrected chi connectivity index (χ0v) is 12.2. The molecule has 1 heterocycles. The van der Waals surface area contributed by atoms with E-state index in [1.807, 2.05) is 25.1 Å². The number of amides is 2. The minimum Gasteiger partial charge on any atom is -0.333 e. The van der Waals surface area contributed by atoms with E-state index in [4.69, 9.17) is 0 Å². The average molecular weight is 288 g/mol. The summed E-state index contributed by atoms with van der Waals surface area (Å²) in [5.41, 5.74) is 0.690. The van der Waals surface area contributed by atoms with E-state index in [-0.39, 0.29) is 5.78 Å². The van der Waals surface area contributed by atoms with Crippen molar-refractivity contribution >= 4 is 17.6 Å². The third kappa shape index (κ3) is 3.68. The van der Waals surface area contributed by atoms with Crippen LogP contribution in [0.15, 0.2) is 30.3 Å². The van der Waals surface area contributed by atoms with Crippen molar-refractivity contribution < 1.29 is 14.4 Å². The molecule has 0 atom stereocenters. The second-order valence-corrected chi connectivity index (χ2v) is 5.07. The van der Waals surface area contributed by atoms with E-state index in [1.54, 1.807) is 21.9 Å². The summed E-state index contributed by atoms with van der Waals surface area (Å²) >= 11 is 0. The highest BCUT2D eigenvalue weighted by Gasteiger charge is 2.31. The van der Waals surface area contributed by atoms with E-state index in [1.165, 1.54) is 0 Å². The number of ketones is 1. The average Bonchev–Trinajstić information content (AvgIpc) is 2.52. The Morgan fingerprint density at radius 2 is 1.67 bits per heavy atom. The maximum atomic E-state index is 12.0. The predicted molar refractivity (Wildman–Crippen MR) is 78.8 cm³/mol. The van der Waals surface area contributed by atoms with Crippen molar-refractivity contribution in [1.82, 2.24) is 9.80 Å². The number of rotatable bonds is 6. The zero-order chi connectivity index (χ0) is 15.2. The van der Waals surface area contributed by atoms with Gasteiger partial charge in [-0.2, -0.15) is 0 Å². The number of nitrogens with zero attached hydrogens (tertiary/aromatic N) is 2. The first kappa shape index (κ1) is 15.2. The van der Waals surface area contributed by atoms with Crippen LogP contribution in [0.5, 0.6) is 0 Å². The minimum absolute atomic E-state index is 0.0709. The van der Waals surface area contributed by atoms with E-state index in [2.05, 4.69) is 0 Å². The van der Waals surface area contributed by atoms with Gasteiger partial charge < -0.3 is 9.80 Å². The second kappa shape index (κ2) is 7.02. The van der Waals surface area contributed by atoms with Crippen LogP contribution < -0.4 is 0 Å². The Balaban J connectivity index is 1.80. The summed E-state index contributed by atoms with van der Waals surface area (Å²) in [4.78, 5) is 38.7. The standard InChI is InChI=1S/C16H20N2O3/c1-2-17-11-12-18(16(21)15(17)20)10-6-9-14(19)13-7-4-3-5-8-13/h3-5,7-8H,2,6,9-12H2,1H3. The largest absolute Gasteiger partial charge is 0.333 e. The highest BCUT2D eigenvalue weighted by Crippen LogP contribution is 2.09. The van der Waals surface area contributed by atoms with Crippen molar-refractivity contribution in [2.75, 3.05) is 26.2 Å². The van der Waals surface area contributed by atoms with Gasteiger partial charge in [0.15, 0.2) is 5.78 Å². The van der Waals surface area contributed by atoms with Gasteiger partial charge in [-0.15, -0.1) is 0 Å². The van der Waals surface area contributed by atoms with Gasteiger partial charge in [0.2, 0.25) is 0 Å². The lowest BCUT2D eigenvalue weighted by atomic mass is 10.1. The lowest BCUT2D eigenvalue weighted by molar-refractivity contribution is -0.155. The summed E-state index contributed by atoms with van der Waals surface area (Å²) in [6.45, 7) is 4.01. The summed E-state index contributed by atoms with van der Waals surface area (Å²) in [7, 11) is 0. The number of Topliss-reactive ketones (excluding diaryl/α,β-unsaturated/α-hetero) is 1. The molecule has 0 spiro atoms. The van der Waals surface area contributed by atoms with Crippen molar-refractivity contribution in [2.45, 2.75) is 19.8 Å². The van der Waals surface area contributed by atoms with Crippen LogP contribution in [0.25, 0.3) is 0 Å². The van der Waals surface area contributed by atoms with E-state index >= 15 is 0 Å². The number of carbonyl (C=O) groups excluding carboxylic acids is 3. The lowest BCUT2D eigenvalue weighted by Crippen LogP contribution is -2.54. The molecule has 0 N–H and O–H groups in total. The van der Waals surface area contributed by atoms with Crippen molar-refractivity contribution in [2.24, 2.45) is 0 Å². The van der Waals surface area contributed by atoms with E-state index in [0.717, 1.165) is 0 Å². The Hall–Kier alpha value is -2.17. The Morgan fingerprint density at radius 1 is 1.05 bits per heavy atom. The summed E-state index contributed by atoms with van der Waals surface area (Å²) < 4.78 is 0. The number of benzene rings is 1. The summed E-state index contributed by atoms with van der Waals surface area (Å²) in [6, 6.07) is 9.11. The van der Waals surface area contributed by atoms with Gasteiger partial charge in [0.25, 0.3) is 0 Å². The molecule has 112 valence electrons. The van der Waals surface area contributed by atoms with Gasteiger partial charge in [-0.3, -0.25) is 14.4 Å². The molecule has 0 unspecified atom stereocenters. The predicted octanol–water partition coefficient (Wildman–Crippen LogP) is 1.34. The summed E-state index contributed by atoms with van der Waals surface area (Å²) in [6.07, 6.45) is 0.971. The quantitative estimate of drug-likeness (QED) is 0.586. The van der Waals surface area contributed by atoms with Crippen LogP contribution in [0.2, 0.25) is 0 Å². The molecular weight excluding hydrogens is 268 g/mol. The Morgan fingerprint density at radius 3 is 2.33 bits per heavy atom. The molecule has 0 aliphatic carbocycles. The van der Waals surface area contributed by atoms with E-state index < -0.39 is 11.8 Å². The van der Waals surface area contributed by atoms with Crippen LogP contribution in [0, 0.1) is 0 Å². The lowest BCUT2D eigenvalue weighted by Gasteiger charge is -2.33. The normalized spacial score (nSPS) is 15.5. The number of piperazine rings is 1.